The van der Waals surface area contributed by atoms with E-state index in [1.54, 1.807) is 7.11 Å². The van der Waals surface area contributed by atoms with E-state index in [2.05, 4.69) is 17.3 Å². The summed E-state index contributed by atoms with van der Waals surface area (Å²) in [6.07, 6.45) is 2.18. The first-order valence-electron chi connectivity index (χ1n) is 7.71. The number of aryl methyl sites for hydroxylation is 1. The molecular formula is C17H23N3O2. The first kappa shape index (κ1) is 14.9. The minimum Gasteiger partial charge on any atom is -0.497 e. The molecule has 1 N–H and O–H groups in total. The summed E-state index contributed by atoms with van der Waals surface area (Å²) in [5.41, 5.74) is 1.70. The maximum absolute atomic E-state index is 12.6. The van der Waals surface area contributed by atoms with Crippen LogP contribution in [0.3, 0.4) is 0 Å². The number of likely N-dealkylation sites (N-methyl/N-ethyl adjacent to an activating group) is 1. The number of nitrogens with zero attached hydrogens (tertiary/aromatic N) is 2. The third-order valence-electron chi connectivity index (χ3n) is 4.44. The number of ether oxygens (including phenoxy) is 1. The van der Waals surface area contributed by atoms with E-state index in [9.17, 15) is 4.79 Å². The first-order valence-corrected chi connectivity index (χ1v) is 7.71. The Labute approximate surface area is 130 Å². The molecule has 1 aromatic carbocycles. The molecule has 0 spiro atoms. The molecule has 5 nitrogen and oxygen atoms in total. The van der Waals surface area contributed by atoms with E-state index in [4.69, 9.17) is 4.74 Å². The molecule has 0 unspecified atom stereocenters. The van der Waals surface area contributed by atoms with Crippen molar-refractivity contribution in [1.29, 1.82) is 0 Å². The summed E-state index contributed by atoms with van der Waals surface area (Å²) in [5, 5.41) is 4.21. The minimum absolute atomic E-state index is 0.00188. The number of methoxy groups -OCH3 is 1. The van der Waals surface area contributed by atoms with Crippen molar-refractivity contribution in [2.45, 2.75) is 18.9 Å². The fraction of sp³-hybridized carbons (Fsp3) is 0.471. The van der Waals surface area contributed by atoms with Crippen molar-refractivity contribution in [2.75, 3.05) is 27.2 Å². The highest BCUT2D eigenvalue weighted by Gasteiger charge is 2.21. The number of benzene rings is 1. The maximum Gasteiger partial charge on any atom is 0.268 e. The Hall–Kier alpha value is -2.01. The Bertz CT molecular complexity index is 693. The van der Waals surface area contributed by atoms with Crippen LogP contribution in [-0.2, 0) is 7.05 Å². The SMILES string of the molecule is COc1ccc2cc(C(=O)N[C@@H]3CCCN(C)C3)n(C)c2c1. The zero-order valence-corrected chi connectivity index (χ0v) is 13.4. The largest absolute Gasteiger partial charge is 0.497 e. The number of likely N-dealkylation sites (tertiary alicyclic amines) is 1. The average Bonchev–Trinajstić information content (AvgIpc) is 2.84. The lowest BCUT2D eigenvalue weighted by molar-refractivity contribution is 0.0904. The van der Waals surface area contributed by atoms with Gasteiger partial charge in [0.25, 0.3) is 5.91 Å². The molecule has 1 atom stereocenters. The number of piperidine rings is 1. The molecule has 118 valence electrons. The molecule has 1 aromatic heterocycles. The molecule has 5 heteroatoms. The Kier molecular flexibility index (Phi) is 4.07. The summed E-state index contributed by atoms with van der Waals surface area (Å²) in [5.74, 6) is 0.799. The third kappa shape index (κ3) is 2.81. The molecule has 0 radical (unpaired) electrons. The molecule has 1 amide bonds. The van der Waals surface area contributed by atoms with Crippen molar-refractivity contribution < 1.29 is 9.53 Å². The second-order valence-electron chi connectivity index (χ2n) is 6.09. The first-order chi connectivity index (χ1) is 10.6. The number of carbonyl (C=O) groups excluding carboxylic acids is 1. The van der Waals surface area contributed by atoms with E-state index < -0.39 is 0 Å². The topological polar surface area (TPSA) is 46.5 Å². The lowest BCUT2D eigenvalue weighted by Gasteiger charge is -2.30. The van der Waals surface area contributed by atoms with Crippen LogP contribution in [0.25, 0.3) is 10.9 Å². The van der Waals surface area contributed by atoms with Gasteiger partial charge in [-0.15, -0.1) is 0 Å². The zero-order chi connectivity index (χ0) is 15.7. The van der Waals surface area contributed by atoms with Gasteiger partial charge in [-0.25, -0.2) is 0 Å². The molecule has 1 saturated heterocycles. The molecule has 0 bridgehead atoms. The van der Waals surface area contributed by atoms with Crippen molar-refractivity contribution in [2.24, 2.45) is 7.05 Å². The number of hydrogen-bond donors (Lipinski definition) is 1. The predicted molar refractivity (Wildman–Crippen MR) is 87.5 cm³/mol. The van der Waals surface area contributed by atoms with Crippen LogP contribution in [-0.4, -0.2) is 48.7 Å². The number of nitrogens with one attached hydrogen (secondary N) is 1. The van der Waals surface area contributed by atoms with E-state index in [1.165, 1.54) is 0 Å². The Morgan fingerprint density at radius 3 is 2.86 bits per heavy atom. The van der Waals surface area contributed by atoms with Gasteiger partial charge in [0.2, 0.25) is 0 Å². The highest BCUT2D eigenvalue weighted by Crippen LogP contribution is 2.24. The Morgan fingerprint density at radius 1 is 1.32 bits per heavy atom. The summed E-state index contributed by atoms with van der Waals surface area (Å²) >= 11 is 0. The Balaban J connectivity index is 1.83. The van der Waals surface area contributed by atoms with Gasteiger partial charge in [-0.1, -0.05) is 0 Å². The van der Waals surface area contributed by atoms with Gasteiger partial charge in [-0.3, -0.25) is 4.79 Å². The van der Waals surface area contributed by atoms with Gasteiger partial charge in [0, 0.05) is 31.1 Å². The number of amides is 1. The summed E-state index contributed by atoms with van der Waals surface area (Å²) in [4.78, 5) is 14.8. The molecule has 0 aliphatic carbocycles. The highest BCUT2D eigenvalue weighted by atomic mass is 16.5. The predicted octanol–water partition coefficient (Wildman–Crippen LogP) is 2.01. The second-order valence-corrected chi connectivity index (χ2v) is 6.09. The summed E-state index contributed by atoms with van der Waals surface area (Å²) in [6.45, 7) is 2.03. The van der Waals surface area contributed by atoms with Gasteiger partial charge in [-0.2, -0.15) is 0 Å². The molecule has 22 heavy (non-hydrogen) atoms. The van der Waals surface area contributed by atoms with Crippen LogP contribution in [0.5, 0.6) is 5.75 Å². The van der Waals surface area contributed by atoms with Gasteiger partial charge >= 0.3 is 0 Å². The van der Waals surface area contributed by atoms with Gasteiger partial charge < -0.3 is 19.5 Å². The van der Waals surface area contributed by atoms with Crippen molar-refractivity contribution in [3.05, 3.63) is 30.0 Å². The molecule has 2 aromatic rings. The molecule has 1 fully saturated rings. The number of fused-ring (bicyclic) bond motifs is 1. The average molecular weight is 301 g/mol. The zero-order valence-electron chi connectivity index (χ0n) is 13.4. The fourth-order valence-corrected chi connectivity index (χ4v) is 3.20. The van der Waals surface area contributed by atoms with Crippen molar-refractivity contribution >= 4 is 16.8 Å². The van der Waals surface area contributed by atoms with E-state index in [1.807, 2.05) is 35.9 Å². The van der Waals surface area contributed by atoms with Crippen molar-refractivity contribution in [1.82, 2.24) is 14.8 Å². The van der Waals surface area contributed by atoms with E-state index in [0.717, 1.165) is 42.6 Å². The van der Waals surface area contributed by atoms with Crippen molar-refractivity contribution in [3.8, 4) is 5.75 Å². The molecule has 1 aliphatic heterocycles. The molecular weight excluding hydrogens is 278 g/mol. The molecule has 2 heterocycles. The number of aromatic nitrogens is 1. The molecule has 0 saturated carbocycles. The smallest absolute Gasteiger partial charge is 0.268 e. The van der Waals surface area contributed by atoms with Crippen LogP contribution in [0, 0.1) is 0 Å². The molecule has 1 aliphatic rings. The monoisotopic (exact) mass is 301 g/mol. The van der Waals surface area contributed by atoms with Crippen LogP contribution in [0.2, 0.25) is 0 Å². The van der Waals surface area contributed by atoms with Crippen LogP contribution in [0.1, 0.15) is 23.3 Å². The summed E-state index contributed by atoms with van der Waals surface area (Å²) in [7, 11) is 5.67. The normalized spacial score (nSPS) is 19.3. The fourth-order valence-electron chi connectivity index (χ4n) is 3.20. The van der Waals surface area contributed by atoms with E-state index in [0.29, 0.717) is 5.69 Å². The summed E-state index contributed by atoms with van der Waals surface area (Å²) < 4.78 is 7.19. The van der Waals surface area contributed by atoms with Crippen molar-refractivity contribution in [3.63, 3.8) is 0 Å². The van der Waals surface area contributed by atoms with Gasteiger partial charge in [0.1, 0.15) is 11.4 Å². The number of carbonyl (C=O) groups is 1. The minimum atomic E-state index is -0.00188. The van der Waals surface area contributed by atoms with Gasteiger partial charge in [-0.05, 0) is 44.6 Å². The van der Waals surface area contributed by atoms with Gasteiger partial charge in [0.05, 0.1) is 12.6 Å². The number of rotatable bonds is 3. The van der Waals surface area contributed by atoms with Crippen LogP contribution >= 0.6 is 0 Å². The van der Waals surface area contributed by atoms with Crippen LogP contribution in [0.15, 0.2) is 24.3 Å². The quantitative estimate of drug-likeness (QED) is 0.943. The number of hydrogen-bond acceptors (Lipinski definition) is 3. The van der Waals surface area contributed by atoms with E-state index in [-0.39, 0.29) is 11.9 Å². The standard InChI is InChI=1S/C17H23N3O2/c1-19-8-4-5-13(11-19)18-17(21)16-9-12-6-7-14(22-3)10-15(12)20(16)2/h6-7,9-10,13H,4-5,8,11H2,1-3H3,(H,18,21)/t13-/m1/s1. The van der Waals surface area contributed by atoms with Crippen LogP contribution < -0.4 is 10.1 Å². The second kappa shape index (κ2) is 6.01. The van der Waals surface area contributed by atoms with Gasteiger partial charge in [0.15, 0.2) is 0 Å². The maximum atomic E-state index is 12.6. The highest BCUT2D eigenvalue weighted by molar-refractivity contribution is 5.99. The van der Waals surface area contributed by atoms with Crippen LogP contribution in [0.4, 0.5) is 0 Å². The lowest BCUT2D eigenvalue weighted by Crippen LogP contribution is -2.46. The van der Waals surface area contributed by atoms with E-state index >= 15 is 0 Å². The third-order valence-corrected chi connectivity index (χ3v) is 4.44. The summed E-state index contributed by atoms with van der Waals surface area (Å²) in [6, 6.07) is 8.04. The lowest BCUT2D eigenvalue weighted by atomic mass is 10.1. The Morgan fingerprint density at radius 2 is 2.14 bits per heavy atom. The molecule has 3 rings (SSSR count).